The first-order valence-electron chi connectivity index (χ1n) is 18.7. The van der Waals surface area contributed by atoms with Crippen molar-refractivity contribution in [2.75, 3.05) is 41.0 Å². The second-order valence-electron chi connectivity index (χ2n) is 15.1. The number of ether oxygens (including phenoxy) is 3. The Hall–Kier alpha value is -4.37. The van der Waals surface area contributed by atoms with E-state index < -0.39 is 29.5 Å². The van der Waals surface area contributed by atoms with Crippen LogP contribution >= 0.6 is 11.3 Å². The molecule has 290 valence electrons. The van der Waals surface area contributed by atoms with Gasteiger partial charge in [0.05, 0.1) is 47.4 Å². The van der Waals surface area contributed by atoms with E-state index in [1.165, 1.54) is 21.2 Å². The number of hydrazine groups is 1. The van der Waals surface area contributed by atoms with Crippen molar-refractivity contribution in [2.45, 2.75) is 91.1 Å². The molecular formula is C40H53N7O6S. The largest absolute Gasteiger partial charge is 0.464 e. The van der Waals surface area contributed by atoms with Crippen molar-refractivity contribution in [3.63, 3.8) is 0 Å². The van der Waals surface area contributed by atoms with Gasteiger partial charge >= 0.3 is 12.0 Å². The molecule has 4 aromatic rings. The molecule has 0 unspecified atom stereocenters. The topological polar surface area (TPSA) is 140 Å². The number of pyridine rings is 1. The van der Waals surface area contributed by atoms with Crippen LogP contribution in [-0.4, -0.2) is 102 Å². The second-order valence-corrected chi connectivity index (χ2v) is 16.1. The minimum absolute atomic E-state index is 0.171. The van der Waals surface area contributed by atoms with Crippen LogP contribution in [0.5, 0.6) is 0 Å². The molecule has 0 aliphatic carbocycles. The molecule has 2 N–H and O–H groups in total. The molecule has 1 saturated heterocycles. The van der Waals surface area contributed by atoms with Crippen molar-refractivity contribution in [3.05, 3.63) is 58.2 Å². The van der Waals surface area contributed by atoms with Gasteiger partial charge in [-0.25, -0.2) is 15.2 Å². The van der Waals surface area contributed by atoms with Crippen LogP contribution in [0.15, 0.2) is 41.9 Å². The number of thiazole rings is 1. The van der Waals surface area contributed by atoms with E-state index in [9.17, 15) is 14.4 Å². The van der Waals surface area contributed by atoms with Crippen LogP contribution in [0.3, 0.4) is 0 Å². The fourth-order valence-electron chi connectivity index (χ4n) is 7.37. The van der Waals surface area contributed by atoms with Crippen molar-refractivity contribution < 1.29 is 28.6 Å². The van der Waals surface area contributed by atoms with E-state index in [2.05, 4.69) is 60.3 Å². The van der Waals surface area contributed by atoms with Crippen molar-refractivity contribution in [1.82, 2.24) is 35.2 Å². The summed E-state index contributed by atoms with van der Waals surface area (Å²) in [5.74, 6) is -0.758. The maximum atomic E-state index is 14.2. The van der Waals surface area contributed by atoms with E-state index in [1.807, 2.05) is 25.3 Å². The van der Waals surface area contributed by atoms with Gasteiger partial charge in [0.2, 0.25) is 0 Å². The van der Waals surface area contributed by atoms with E-state index in [0.717, 1.165) is 51.2 Å². The van der Waals surface area contributed by atoms with Crippen molar-refractivity contribution in [1.29, 1.82) is 0 Å². The Balaban J connectivity index is 1.47. The number of methoxy groups -OCH3 is 2. The van der Waals surface area contributed by atoms with Gasteiger partial charge in [0.1, 0.15) is 12.1 Å². The van der Waals surface area contributed by atoms with Gasteiger partial charge in [0.25, 0.3) is 5.91 Å². The van der Waals surface area contributed by atoms with Gasteiger partial charge in [-0.05, 0) is 69.9 Å². The maximum absolute atomic E-state index is 14.2. The first kappa shape index (κ1) is 39.3. The summed E-state index contributed by atoms with van der Waals surface area (Å²) >= 11 is 1.45. The molecule has 2 aliphatic rings. The normalized spacial score (nSPS) is 20.3. The molecule has 6 bridgehead atoms. The average molecular weight is 760 g/mol. The van der Waals surface area contributed by atoms with Gasteiger partial charge in [-0.1, -0.05) is 19.9 Å². The summed E-state index contributed by atoms with van der Waals surface area (Å²) in [4.78, 5) is 52.6. The fraction of sp³-hybridized carbons (Fsp3) is 0.525. The Labute approximate surface area is 321 Å². The number of carbonyl (C=O) groups excluding carboxylic acids is 3. The molecule has 1 aromatic carbocycles. The zero-order valence-electron chi connectivity index (χ0n) is 32.6. The highest BCUT2D eigenvalue weighted by Crippen LogP contribution is 2.42. The number of likely N-dealkylation sites (N-methyl/N-ethyl adjacent to an activating group) is 1. The molecule has 0 radical (unpaired) electrons. The Bertz CT molecular complexity index is 1990. The average Bonchev–Trinajstić information content (AvgIpc) is 3.77. The number of aromatic nitrogens is 3. The second kappa shape index (κ2) is 16.6. The minimum atomic E-state index is -0.938. The van der Waals surface area contributed by atoms with Gasteiger partial charge in [-0.3, -0.25) is 19.6 Å². The third kappa shape index (κ3) is 8.16. The Morgan fingerprint density at radius 2 is 2.02 bits per heavy atom. The number of rotatable bonds is 8. The SMILES string of the molecule is CCn1c(-c2cccnc2[C@H](C)OC)c2c3cc(ccc31)-c1csc(n1)C[C@H](NC(=O)N(C)[C@H](C)COC)C(=O)N1CCC[C@H](N1)C(=O)OCC(C)(C)C2. The van der Waals surface area contributed by atoms with E-state index in [0.29, 0.717) is 37.4 Å². The quantitative estimate of drug-likeness (QED) is 0.215. The maximum Gasteiger partial charge on any atom is 0.324 e. The van der Waals surface area contributed by atoms with Gasteiger partial charge in [-0.15, -0.1) is 11.3 Å². The van der Waals surface area contributed by atoms with Crippen LogP contribution in [0, 0.1) is 5.41 Å². The highest BCUT2D eigenvalue weighted by Gasteiger charge is 2.36. The number of urea groups is 1. The Morgan fingerprint density at radius 3 is 2.76 bits per heavy atom. The smallest absolute Gasteiger partial charge is 0.324 e. The fourth-order valence-corrected chi connectivity index (χ4v) is 8.22. The number of esters is 1. The van der Waals surface area contributed by atoms with E-state index in [1.54, 1.807) is 27.5 Å². The lowest BCUT2D eigenvalue weighted by Crippen LogP contribution is -2.61. The summed E-state index contributed by atoms with van der Waals surface area (Å²) in [6.45, 7) is 11.9. The highest BCUT2D eigenvalue weighted by atomic mass is 32.1. The molecule has 0 spiro atoms. The van der Waals surface area contributed by atoms with E-state index in [-0.39, 0.29) is 31.1 Å². The van der Waals surface area contributed by atoms with Crippen LogP contribution in [-0.2, 0) is 43.2 Å². The zero-order chi connectivity index (χ0) is 38.7. The first-order valence-corrected chi connectivity index (χ1v) is 19.6. The number of benzene rings is 1. The molecule has 13 nitrogen and oxygen atoms in total. The number of fused-ring (bicyclic) bond motifs is 6. The monoisotopic (exact) mass is 759 g/mol. The van der Waals surface area contributed by atoms with Gasteiger partial charge in [-0.2, -0.15) is 0 Å². The molecule has 3 amide bonds. The molecular weight excluding hydrogens is 707 g/mol. The summed E-state index contributed by atoms with van der Waals surface area (Å²) in [6.07, 6.45) is 3.48. The summed E-state index contributed by atoms with van der Waals surface area (Å²) in [6, 6.07) is 8.21. The van der Waals surface area contributed by atoms with Crippen LogP contribution in [0.4, 0.5) is 4.79 Å². The van der Waals surface area contributed by atoms with Crippen LogP contribution in [0.1, 0.15) is 69.8 Å². The Kier molecular flexibility index (Phi) is 12.1. The van der Waals surface area contributed by atoms with Crippen molar-refractivity contribution in [3.8, 4) is 22.5 Å². The predicted molar refractivity (Wildman–Crippen MR) is 209 cm³/mol. The number of hydrogen-bond acceptors (Lipinski definition) is 10. The molecule has 1 fully saturated rings. The van der Waals surface area contributed by atoms with Crippen molar-refractivity contribution in [2.24, 2.45) is 5.41 Å². The highest BCUT2D eigenvalue weighted by molar-refractivity contribution is 7.10. The summed E-state index contributed by atoms with van der Waals surface area (Å²) in [7, 11) is 4.95. The van der Waals surface area contributed by atoms with Gasteiger partial charge < -0.3 is 29.0 Å². The number of hydrogen-bond donors (Lipinski definition) is 2. The van der Waals surface area contributed by atoms with Crippen LogP contribution in [0.2, 0.25) is 0 Å². The number of amides is 3. The number of cyclic esters (lactones) is 1. The minimum Gasteiger partial charge on any atom is -0.464 e. The van der Waals surface area contributed by atoms with Crippen LogP contribution in [0.25, 0.3) is 33.4 Å². The van der Waals surface area contributed by atoms with Crippen LogP contribution < -0.4 is 10.7 Å². The third-order valence-corrected chi connectivity index (χ3v) is 11.4. The van der Waals surface area contributed by atoms with Crippen molar-refractivity contribution >= 4 is 40.1 Å². The number of aryl methyl sites for hydroxylation is 1. The summed E-state index contributed by atoms with van der Waals surface area (Å²) in [5.41, 5.74) is 9.52. The molecule has 3 aromatic heterocycles. The number of nitrogens with zero attached hydrogens (tertiary/aromatic N) is 5. The molecule has 5 heterocycles. The molecule has 0 saturated carbocycles. The lowest BCUT2D eigenvalue weighted by molar-refractivity contribution is -0.155. The lowest BCUT2D eigenvalue weighted by Gasteiger charge is -2.36. The molecule has 14 heteroatoms. The number of carbonyl (C=O) groups is 3. The zero-order valence-corrected chi connectivity index (χ0v) is 33.4. The molecule has 2 aliphatic heterocycles. The first-order chi connectivity index (χ1) is 25.8. The standard InChI is InChI=1S/C40H53N7O6S/c1-9-46-33-15-14-26-18-28(33)29(36(46)27-12-10-16-41-35(27)25(3)52-8)20-40(4,5)23-53-38(49)30-13-11-17-47(44-30)37(48)31(19-34-42-32(26)22-54-34)43-39(50)45(6)24(2)21-51-7/h10,12,14-16,18,22,24-25,30-31,44H,9,11,13,17,19-21,23H2,1-8H3,(H,43,50)/t24-,25+,30+,31+/m1/s1. The predicted octanol–water partition coefficient (Wildman–Crippen LogP) is 5.76. The summed E-state index contributed by atoms with van der Waals surface area (Å²) < 4.78 is 19.4. The third-order valence-electron chi connectivity index (χ3n) is 10.5. The lowest BCUT2D eigenvalue weighted by atomic mass is 9.84. The Morgan fingerprint density at radius 1 is 1.22 bits per heavy atom. The van der Waals surface area contributed by atoms with E-state index >= 15 is 0 Å². The van der Waals surface area contributed by atoms with Gasteiger partial charge in [0, 0.05) is 79.8 Å². The van der Waals surface area contributed by atoms with E-state index in [4.69, 9.17) is 24.2 Å². The molecule has 4 atom stereocenters. The number of nitrogens with one attached hydrogen (secondary N) is 2. The summed E-state index contributed by atoms with van der Waals surface area (Å²) in [5, 5.41) is 8.19. The van der Waals surface area contributed by atoms with Gasteiger partial charge in [0.15, 0.2) is 0 Å². The molecule has 6 rings (SSSR count). The molecule has 54 heavy (non-hydrogen) atoms.